The van der Waals surface area contributed by atoms with Crippen LogP contribution in [0.5, 0.6) is 0 Å². The molecule has 0 unspecified atom stereocenters. The van der Waals surface area contributed by atoms with Gasteiger partial charge in [0, 0.05) is 18.7 Å². The van der Waals surface area contributed by atoms with E-state index in [1.54, 1.807) is 30.3 Å². The lowest BCUT2D eigenvalue weighted by molar-refractivity contribution is -0.137. The number of benzene rings is 2. The predicted octanol–water partition coefficient (Wildman–Crippen LogP) is 3.72. The zero-order valence-corrected chi connectivity index (χ0v) is 18.6. The average Bonchev–Trinajstić information content (AvgIpc) is 3.33. The Morgan fingerprint density at radius 2 is 1.94 bits per heavy atom. The van der Waals surface area contributed by atoms with Gasteiger partial charge in [0.25, 0.3) is 0 Å². The minimum atomic E-state index is -1.38. The summed E-state index contributed by atoms with van der Waals surface area (Å²) in [6, 6.07) is 10.3. The summed E-state index contributed by atoms with van der Waals surface area (Å²) < 4.78 is 30.0. The first-order valence-corrected chi connectivity index (χ1v) is 10.7. The molecule has 32 heavy (non-hydrogen) atoms. The zero-order chi connectivity index (χ0) is 23.0. The van der Waals surface area contributed by atoms with E-state index >= 15 is 0 Å². The number of nitrogens with zero attached hydrogens (tertiary/aromatic N) is 3. The molecule has 1 aromatic heterocycles. The van der Waals surface area contributed by atoms with Crippen LogP contribution in [-0.4, -0.2) is 51.0 Å². The van der Waals surface area contributed by atoms with Crippen molar-refractivity contribution in [2.24, 2.45) is 0 Å². The summed E-state index contributed by atoms with van der Waals surface area (Å²) >= 11 is 3.05. The van der Waals surface area contributed by atoms with Gasteiger partial charge >= 0.3 is 0 Å². The van der Waals surface area contributed by atoms with Gasteiger partial charge in [-0.2, -0.15) is 5.10 Å². The summed E-state index contributed by atoms with van der Waals surface area (Å²) in [6.45, 7) is 0.864. The highest BCUT2D eigenvalue weighted by molar-refractivity contribution is 9.10. The van der Waals surface area contributed by atoms with E-state index in [0.29, 0.717) is 10.9 Å². The van der Waals surface area contributed by atoms with Crippen LogP contribution in [0.25, 0.3) is 10.9 Å². The topological polar surface area (TPSA) is 84.3 Å². The molecular weight excluding hydrogens is 486 g/mol. The maximum absolute atomic E-state index is 14.2. The first-order chi connectivity index (χ1) is 15.3. The predicted molar refractivity (Wildman–Crippen MR) is 117 cm³/mol. The van der Waals surface area contributed by atoms with Gasteiger partial charge in [-0.05, 0) is 34.1 Å². The van der Waals surface area contributed by atoms with Crippen LogP contribution >= 0.6 is 15.9 Å². The summed E-state index contributed by atoms with van der Waals surface area (Å²) in [5.41, 5.74) is 0.750. The normalized spacial score (nSPS) is 18.2. The van der Waals surface area contributed by atoms with Crippen molar-refractivity contribution in [3.8, 4) is 0 Å². The minimum absolute atomic E-state index is 0.0664. The number of fused-ring (bicyclic) bond motifs is 1. The highest BCUT2D eigenvalue weighted by Gasteiger charge is 2.40. The first kappa shape index (κ1) is 22.1. The molecule has 1 saturated heterocycles. The molecule has 2 atom stereocenters. The summed E-state index contributed by atoms with van der Waals surface area (Å²) in [7, 11) is 0. The second-order valence-corrected chi connectivity index (χ2v) is 8.42. The maximum atomic E-state index is 14.2. The number of likely N-dealkylation sites (tertiary alicyclic amines) is 1. The van der Waals surface area contributed by atoms with Crippen molar-refractivity contribution in [3.63, 3.8) is 0 Å². The fraction of sp³-hybridized carbons (Fsp3) is 0.273. The van der Waals surface area contributed by atoms with Gasteiger partial charge < -0.3 is 10.2 Å². The molecule has 2 amide bonds. The number of aromatic nitrogens is 2. The fourth-order valence-electron chi connectivity index (χ4n) is 3.85. The van der Waals surface area contributed by atoms with E-state index in [4.69, 9.17) is 0 Å². The molecule has 0 aliphatic carbocycles. The fourth-order valence-corrected chi connectivity index (χ4v) is 4.22. The monoisotopic (exact) mass is 504 g/mol. The third kappa shape index (κ3) is 4.14. The number of rotatable bonds is 5. The third-order valence-electron chi connectivity index (χ3n) is 5.36. The Balaban J connectivity index is 1.56. The molecule has 0 radical (unpaired) electrons. The van der Waals surface area contributed by atoms with Crippen LogP contribution < -0.4 is 5.32 Å². The molecule has 2 aromatic carbocycles. The largest absolute Gasteiger partial charge is 0.326 e. The molecule has 10 heteroatoms. The SMILES string of the molecule is CC(=O)c1nn(CC(=O)N2C[C@H](F)C[C@H]2C(=O)Nc2cccc(Br)c2F)c2ccccc12. The maximum Gasteiger partial charge on any atom is 0.247 e. The smallest absolute Gasteiger partial charge is 0.247 e. The number of anilines is 1. The molecular formula is C22H19BrF2N4O3. The Bertz CT molecular complexity index is 1230. The molecule has 166 valence electrons. The summed E-state index contributed by atoms with van der Waals surface area (Å²) in [6.07, 6.45) is -1.57. The van der Waals surface area contributed by atoms with Crippen molar-refractivity contribution in [1.29, 1.82) is 0 Å². The highest BCUT2D eigenvalue weighted by atomic mass is 79.9. The van der Waals surface area contributed by atoms with Crippen LogP contribution in [0, 0.1) is 5.82 Å². The van der Waals surface area contributed by atoms with Crippen molar-refractivity contribution >= 4 is 50.1 Å². The Hall–Kier alpha value is -3.14. The Morgan fingerprint density at radius 1 is 1.19 bits per heavy atom. The van der Waals surface area contributed by atoms with E-state index in [1.807, 2.05) is 0 Å². The number of carbonyl (C=O) groups excluding carboxylic acids is 3. The second kappa shape index (κ2) is 8.78. The van der Waals surface area contributed by atoms with E-state index in [1.165, 1.54) is 23.7 Å². The van der Waals surface area contributed by atoms with Gasteiger partial charge in [-0.1, -0.05) is 24.3 Å². The average molecular weight is 505 g/mol. The van der Waals surface area contributed by atoms with Gasteiger partial charge in [-0.25, -0.2) is 8.78 Å². The van der Waals surface area contributed by atoms with E-state index in [9.17, 15) is 23.2 Å². The lowest BCUT2D eigenvalue weighted by Gasteiger charge is -2.24. The molecule has 1 N–H and O–H groups in total. The summed E-state index contributed by atoms with van der Waals surface area (Å²) in [5.74, 6) is -2.10. The van der Waals surface area contributed by atoms with Crippen molar-refractivity contribution < 1.29 is 23.2 Å². The third-order valence-corrected chi connectivity index (χ3v) is 5.97. The summed E-state index contributed by atoms with van der Waals surface area (Å²) in [4.78, 5) is 38.9. The molecule has 0 bridgehead atoms. The number of ketones is 1. The van der Waals surface area contributed by atoms with Gasteiger partial charge in [-0.3, -0.25) is 19.1 Å². The number of halogens is 3. The van der Waals surface area contributed by atoms with Crippen LogP contribution in [-0.2, 0) is 16.1 Å². The minimum Gasteiger partial charge on any atom is -0.326 e. The van der Waals surface area contributed by atoms with Crippen molar-refractivity contribution in [1.82, 2.24) is 14.7 Å². The van der Waals surface area contributed by atoms with E-state index < -0.39 is 29.8 Å². The first-order valence-electron chi connectivity index (χ1n) is 9.91. The van der Waals surface area contributed by atoms with Gasteiger partial charge in [-0.15, -0.1) is 0 Å². The molecule has 1 aliphatic heterocycles. The van der Waals surface area contributed by atoms with Gasteiger partial charge in [0.15, 0.2) is 11.6 Å². The molecule has 0 saturated carbocycles. The number of para-hydroxylation sites is 1. The molecule has 4 rings (SSSR count). The lowest BCUT2D eigenvalue weighted by Crippen LogP contribution is -2.44. The second-order valence-electron chi connectivity index (χ2n) is 7.57. The van der Waals surface area contributed by atoms with Crippen molar-refractivity contribution in [2.45, 2.75) is 32.1 Å². The summed E-state index contributed by atoms with van der Waals surface area (Å²) in [5, 5.41) is 7.30. The number of carbonyl (C=O) groups is 3. The van der Waals surface area contributed by atoms with E-state index in [-0.39, 0.29) is 41.1 Å². The number of nitrogens with one attached hydrogen (secondary N) is 1. The standard InChI is InChI=1S/C22H19BrF2N4O3/c1-12(30)21-14-5-2-3-8-17(14)29(27-21)11-19(31)28-10-13(24)9-18(28)22(32)26-16-7-4-6-15(23)20(16)25/h2-8,13,18H,9-11H2,1H3,(H,26,32)/t13-,18+/m1/s1. The Kier molecular flexibility index (Phi) is 6.05. The van der Waals surface area contributed by atoms with Crippen molar-refractivity contribution in [2.75, 3.05) is 11.9 Å². The lowest BCUT2D eigenvalue weighted by atomic mass is 10.1. The van der Waals surface area contributed by atoms with Crippen LogP contribution in [0.15, 0.2) is 46.9 Å². The van der Waals surface area contributed by atoms with Gasteiger partial charge in [0.2, 0.25) is 11.8 Å². The molecule has 0 spiro atoms. The van der Waals surface area contributed by atoms with Crippen LogP contribution in [0.1, 0.15) is 23.8 Å². The van der Waals surface area contributed by atoms with Gasteiger partial charge in [0.1, 0.15) is 24.5 Å². The number of hydrogen-bond donors (Lipinski definition) is 1. The Morgan fingerprint density at radius 3 is 2.69 bits per heavy atom. The molecule has 1 fully saturated rings. The van der Waals surface area contributed by atoms with E-state index in [0.717, 1.165) is 4.90 Å². The molecule has 7 nitrogen and oxygen atoms in total. The molecule has 2 heterocycles. The number of hydrogen-bond acceptors (Lipinski definition) is 4. The zero-order valence-electron chi connectivity index (χ0n) is 17.0. The number of alkyl halides is 1. The molecule has 1 aliphatic rings. The van der Waals surface area contributed by atoms with Crippen LogP contribution in [0.2, 0.25) is 0 Å². The Labute approximate surface area is 190 Å². The number of Topliss-reactive ketones (excluding diaryl/α,β-unsaturated/α-hetero) is 1. The van der Waals surface area contributed by atoms with Crippen molar-refractivity contribution in [3.05, 3.63) is 58.4 Å². The van der Waals surface area contributed by atoms with Crippen LogP contribution in [0.3, 0.4) is 0 Å². The van der Waals surface area contributed by atoms with E-state index in [2.05, 4.69) is 26.3 Å². The van der Waals surface area contributed by atoms with Gasteiger partial charge in [0.05, 0.1) is 22.2 Å². The quantitative estimate of drug-likeness (QED) is 0.536. The highest BCUT2D eigenvalue weighted by Crippen LogP contribution is 2.26. The van der Waals surface area contributed by atoms with Crippen LogP contribution in [0.4, 0.5) is 14.5 Å². The number of amides is 2. The molecule has 3 aromatic rings.